The van der Waals surface area contributed by atoms with Crippen LogP contribution in [0.4, 0.5) is 5.69 Å². The van der Waals surface area contributed by atoms with Crippen molar-refractivity contribution in [3.63, 3.8) is 0 Å². The topological polar surface area (TPSA) is 75.7 Å². The number of methoxy groups -OCH3 is 1. The maximum Gasteiger partial charge on any atom is 0.241 e. The molecule has 1 atom stereocenters. The van der Waals surface area contributed by atoms with E-state index in [-0.39, 0.29) is 16.8 Å². The molecule has 0 radical (unpaired) electrons. The maximum atomic E-state index is 12.9. The van der Waals surface area contributed by atoms with Gasteiger partial charge in [-0.2, -0.15) is 0 Å². The molecule has 1 unspecified atom stereocenters. The van der Waals surface area contributed by atoms with Crippen LogP contribution in [0.3, 0.4) is 0 Å². The Balaban J connectivity index is 1.89. The molecular weight excluding hydrogens is 364 g/mol. The molecule has 0 aromatic heterocycles. The lowest BCUT2D eigenvalue weighted by atomic mass is 10.1. The van der Waals surface area contributed by atoms with Gasteiger partial charge >= 0.3 is 0 Å². The fraction of sp³-hybridized carbons (Fsp3) is 0.350. The maximum absolute atomic E-state index is 12.9. The molecule has 1 amide bonds. The third kappa shape index (κ3) is 4.14. The van der Waals surface area contributed by atoms with E-state index in [1.807, 2.05) is 31.2 Å². The van der Waals surface area contributed by atoms with Gasteiger partial charge in [-0.3, -0.25) is 4.79 Å². The number of anilines is 1. The molecule has 1 aliphatic heterocycles. The van der Waals surface area contributed by atoms with Gasteiger partial charge in [0.25, 0.3) is 0 Å². The Kier molecular flexibility index (Phi) is 5.53. The van der Waals surface area contributed by atoms with Gasteiger partial charge in [0.1, 0.15) is 5.75 Å². The van der Waals surface area contributed by atoms with Crippen molar-refractivity contribution in [1.82, 2.24) is 4.72 Å². The van der Waals surface area contributed by atoms with Crippen LogP contribution < -0.4 is 14.4 Å². The van der Waals surface area contributed by atoms with Crippen molar-refractivity contribution < 1.29 is 17.9 Å². The molecule has 7 heteroatoms. The summed E-state index contributed by atoms with van der Waals surface area (Å²) in [6.07, 6.45) is 1.21. The number of hydrogen-bond donors (Lipinski definition) is 1. The minimum absolute atomic E-state index is 0.0242. The van der Waals surface area contributed by atoms with Gasteiger partial charge in [-0.05, 0) is 44.0 Å². The molecule has 27 heavy (non-hydrogen) atoms. The number of nitrogens with one attached hydrogen (secondary N) is 1. The molecular formula is C20H24N2O4S. The quantitative estimate of drug-likeness (QED) is 0.825. The van der Waals surface area contributed by atoms with Gasteiger partial charge < -0.3 is 9.64 Å². The zero-order chi connectivity index (χ0) is 19.6. The zero-order valence-electron chi connectivity index (χ0n) is 15.7. The summed E-state index contributed by atoms with van der Waals surface area (Å²) in [5, 5.41) is 0. The summed E-state index contributed by atoms with van der Waals surface area (Å²) in [5.41, 5.74) is 2.49. The second kappa shape index (κ2) is 7.70. The molecule has 3 rings (SSSR count). The van der Waals surface area contributed by atoms with Crippen molar-refractivity contribution in [2.75, 3.05) is 18.6 Å². The van der Waals surface area contributed by atoms with Crippen LogP contribution in [0.1, 0.15) is 36.9 Å². The number of carbonyl (C=O) groups is 1. The lowest BCUT2D eigenvalue weighted by Crippen LogP contribution is -2.28. The molecule has 0 aliphatic carbocycles. The standard InChI is InChI=1S/C20H24N2O4S/c1-14-6-8-16(9-7-14)15(2)21-27(24,25)17-10-11-19(26-3)18(13-17)22-12-4-5-20(22)23/h6-11,13,15,21H,4-5,12H2,1-3H3. The third-order valence-corrected chi connectivity index (χ3v) is 6.27. The largest absolute Gasteiger partial charge is 0.495 e. The summed E-state index contributed by atoms with van der Waals surface area (Å²) >= 11 is 0. The first-order valence-corrected chi connectivity index (χ1v) is 10.4. The van der Waals surface area contributed by atoms with Crippen LogP contribution in [0.2, 0.25) is 0 Å². The number of sulfonamides is 1. The molecule has 2 aromatic rings. The molecule has 1 heterocycles. The Labute approximate surface area is 160 Å². The van der Waals surface area contributed by atoms with Crippen LogP contribution in [-0.2, 0) is 14.8 Å². The van der Waals surface area contributed by atoms with E-state index in [2.05, 4.69) is 4.72 Å². The number of amides is 1. The average molecular weight is 388 g/mol. The summed E-state index contributed by atoms with van der Waals surface area (Å²) < 4.78 is 33.8. The van der Waals surface area contributed by atoms with Crippen molar-refractivity contribution in [2.24, 2.45) is 0 Å². The lowest BCUT2D eigenvalue weighted by Gasteiger charge is -2.21. The van der Waals surface area contributed by atoms with E-state index in [9.17, 15) is 13.2 Å². The molecule has 0 bridgehead atoms. The minimum Gasteiger partial charge on any atom is -0.495 e. The highest BCUT2D eigenvalue weighted by atomic mass is 32.2. The molecule has 0 saturated carbocycles. The van der Waals surface area contributed by atoms with E-state index >= 15 is 0 Å². The average Bonchev–Trinajstić information content (AvgIpc) is 3.07. The number of carbonyl (C=O) groups excluding carboxylic acids is 1. The number of benzene rings is 2. The van der Waals surface area contributed by atoms with Crippen LogP contribution in [0.5, 0.6) is 5.75 Å². The molecule has 6 nitrogen and oxygen atoms in total. The summed E-state index contributed by atoms with van der Waals surface area (Å²) in [4.78, 5) is 13.8. The van der Waals surface area contributed by atoms with Gasteiger partial charge in [-0.15, -0.1) is 0 Å². The molecule has 144 valence electrons. The molecule has 1 saturated heterocycles. The van der Waals surface area contributed by atoms with E-state index in [0.717, 1.165) is 17.5 Å². The first kappa shape index (κ1) is 19.4. The SMILES string of the molecule is COc1ccc(S(=O)(=O)NC(C)c2ccc(C)cc2)cc1N1CCCC1=O. The van der Waals surface area contributed by atoms with E-state index in [1.165, 1.54) is 19.2 Å². The second-order valence-electron chi connectivity index (χ2n) is 6.74. The van der Waals surface area contributed by atoms with Crippen LogP contribution in [0, 0.1) is 6.92 Å². The minimum atomic E-state index is -3.76. The monoisotopic (exact) mass is 388 g/mol. The van der Waals surface area contributed by atoms with Crippen LogP contribution in [0.25, 0.3) is 0 Å². The Hall–Kier alpha value is -2.38. The summed E-state index contributed by atoms with van der Waals surface area (Å²) in [5.74, 6) is 0.458. The molecule has 2 aromatic carbocycles. The molecule has 1 aliphatic rings. The third-order valence-electron chi connectivity index (χ3n) is 4.73. The Morgan fingerprint density at radius 3 is 2.44 bits per heavy atom. The number of nitrogens with zero attached hydrogens (tertiary/aromatic N) is 1. The molecule has 0 spiro atoms. The predicted molar refractivity (Wildman–Crippen MR) is 104 cm³/mol. The fourth-order valence-electron chi connectivity index (χ4n) is 3.17. The van der Waals surface area contributed by atoms with Gasteiger partial charge in [-0.1, -0.05) is 29.8 Å². The highest BCUT2D eigenvalue weighted by Crippen LogP contribution is 2.34. The summed E-state index contributed by atoms with van der Waals surface area (Å²) in [6.45, 7) is 4.35. The van der Waals surface area contributed by atoms with Gasteiger partial charge in [0.15, 0.2) is 0 Å². The number of hydrogen-bond acceptors (Lipinski definition) is 4. The second-order valence-corrected chi connectivity index (χ2v) is 8.45. The fourth-order valence-corrected chi connectivity index (χ4v) is 4.43. The van der Waals surface area contributed by atoms with Crippen molar-refractivity contribution in [3.05, 3.63) is 53.6 Å². The zero-order valence-corrected chi connectivity index (χ0v) is 16.5. The van der Waals surface area contributed by atoms with E-state index in [4.69, 9.17) is 4.74 Å². The van der Waals surface area contributed by atoms with Gasteiger partial charge in [0.2, 0.25) is 15.9 Å². The first-order valence-electron chi connectivity index (χ1n) is 8.89. The van der Waals surface area contributed by atoms with Crippen molar-refractivity contribution in [1.29, 1.82) is 0 Å². The molecule has 1 N–H and O–H groups in total. The van der Waals surface area contributed by atoms with E-state index < -0.39 is 10.0 Å². The number of rotatable bonds is 6. The summed E-state index contributed by atoms with van der Waals surface area (Å²) in [7, 11) is -2.25. The Morgan fingerprint density at radius 2 is 1.85 bits per heavy atom. The van der Waals surface area contributed by atoms with Crippen LogP contribution in [-0.4, -0.2) is 28.0 Å². The number of aryl methyl sites for hydroxylation is 1. The lowest BCUT2D eigenvalue weighted by molar-refractivity contribution is -0.117. The normalized spacial score (nSPS) is 15.8. The van der Waals surface area contributed by atoms with Crippen LogP contribution >= 0.6 is 0 Å². The highest BCUT2D eigenvalue weighted by Gasteiger charge is 2.27. The predicted octanol–water partition coefficient (Wildman–Crippen LogP) is 3.17. The van der Waals surface area contributed by atoms with E-state index in [1.54, 1.807) is 17.9 Å². The van der Waals surface area contributed by atoms with E-state index in [0.29, 0.717) is 24.4 Å². The van der Waals surface area contributed by atoms with Crippen molar-refractivity contribution in [2.45, 2.75) is 37.6 Å². The van der Waals surface area contributed by atoms with Crippen LogP contribution in [0.15, 0.2) is 47.4 Å². The smallest absolute Gasteiger partial charge is 0.241 e. The summed E-state index contributed by atoms with van der Waals surface area (Å²) in [6, 6.07) is 11.9. The van der Waals surface area contributed by atoms with Gasteiger partial charge in [0, 0.05) is 19.0 Å². The van der Waals surface area contributed by atoms with Crippen molar-refractivity contribution in [3.8, 4) is 5.75 Å². The molecule has 1 fully saturated rings. The van der Waals surface area contributed by atoms with Gasteiger partial charge in [0.05, 0.1) is 17.7 Å². The highest BCUT2D eigenvalue weighted by molar-refractivity contribution is 7.89. The Bertz CT molecular complexity index is 939. The van der Waals surface area contributed by atoms with Crippen molar-refractivity contribution >= 4 is 21.6 Å². The first-order chi connectivity index (χ1) is 12.8. The Morgan fingerprint density at radius 1 is 1.15 bits per heavy atom. The van der Waals surface area contributed by atoms with Gasteiger partial charge in [-0.25, -0.2) is 13.1 Å². The number of ether oxygens (including phenoxy) is 1.